The molecule has 2 rings (SSSR count). The van der Waals surface area contributed by atoms with Crippen LogP contribution in [0.2, 0.25) is 0 Å². The smallest absolute Gasteiger partial charge is 0.398 e. The average Bonchev–Trinajstić information content (AvgIpc) is 2.69. The van der Waals surface area contributed by atoms with E-state index in [-0.39, 0.29) is 11.1 Å². The highest BCUT2D eigenvalue weighted by molar-refractivity contribution is 5.67. The van der Waals surface area contributed by atoms with E-state index in [1.807, 2.05) is 0 Å². The minimum Gasteiger partial charge on any atom is -0.398 e. The highest BCUT2D eigenvalue weighted by Gasteiger charge is 2.28. The van der Waals surface area contributed by atoms with Crippen LogP contribution in [0, 0.1) is 12.7 Å². The molecule has 1 aromatic heterocycles. The van der Waals surface area contributed by atoms with E-state index in [1.165, 1.54) is 12.3 Å². The van der Waals surface area contributed by atoms with E-state index in [4.69, 9.17) is 5.73 Å². The Labute approximate surface area is 106 Å². The van der Waals surface area contributed by atoms with Gasteiger partial charge >= 0.3 is 6.18 Å². The van der Waals surface area contributed by atoms with Gasteiger partial charge in [-0.2, -0.15) is 18.3 Å². The molecule has 0 saturated carbocycles. The molecule has 2 aromatic rings. The van der Waals surface area contributed by atoms with Crippen LogP contribution in [0.5, 0.6) is 0 Å². The maximum Gasteiger partial charge on any atom is 0.408 e. The zero-order chi connectivity index (χ0) is 14.2. The number of benzene rings is 1. The van der Waals surface area contributed by atoms with Crippen LogP contribution < -0.4 is 5.73 Å². The summed E-state index contributed by atoms with van der Waals surface area (Å²) in [5.74, 6) is -0.588. The molecule has 19 heavy (non-hydrogen) atoms. The summed E-state index contributed by atoms with van der Waals surface area (Å²) in [6.07, 6.45) is -2.01. The number of alkyl halides is 3. The van der Waals surface area contributed by atoms with Crippen molar-refractivity contribution >= 4 is 5.69 Å². The average molecular weight is 273 g/mol. The van der Waals surface area contributed by atoms with Crippen LogP contribution in [0.15, 0.2) is 24.5 Å². The van der Waals surface area contributed by atoms with E-state index in [0.717, 1.165) is 16.9 Å². The molecule has 0 amide bonds. The van der Waals surface area contributed by atoms with Gasteiger partial charge in [0.25, 0.3) is 0 Å². The van der Waals surface area contributed by atoms with Gasteiger partial charge in [0.1, 0.15) is 12.4 Å². The molecule has 0 aliphatic carbocycles. The number of aryl methyl sites for hydroxylation is 1. The van der Waals surface area contributed by atoms with E-state index in [1.54, 1.807) is 6.92 Å². The van der Waals surface area contributed by atoms with Crippen molar-refractivity contribution in [3.63, 3.8) is 0 Å². The Bertz CT molecular complexity index is 602. The second-order valence-corrected chi connectivity index (χ2v) is 4.23. The zero-order valence-corrected chi connectivity index (χ0v) is 10.0. The normalized spacial score (nSPS) is 11.8. The lowest BCUT2D eigenvalue weighted by Gasteiger charge is -2.06. The summed E-state index contributed by atoms with van der Waals surface area (Å²) in [5, 5.41) is 3.57. The van der Waals surface area contributed by atoms with Gasteiger partial charge in [-0.15, -0.1) is 0 Å². The third-order valence-corrected chi connectivity index (χ3v) is 2.64. The Kier molecular flexibility index (Phi) is 3.21. The predicted molar refractivity (Wildman–Crippen MR) is 62.8 cm³/mol. The maximum absolute atomic E-state index is 13.7. The molecule has 0 fully saturated rings. The van der Waals surface area contributed by atoms with Gasteiger partial charge in [-0.05, 0) is 24.6 Å². The summed E-state index contributed by atoms with van der Waals surface area (Å²) in [6.45, 7) is 0.487. The molecule has 1 aromatic carbocycles. The Morgan fingerprint density at radius 1 is 1.32 bits per heavy atom. The number of rotatable bonds is 2. The minimum atomic E-state index is -4.36. The summed E-state index contributed by atoms with van der Waals surface area (Å²) >= 11 is 0. The number of hydrogen-bond donors (Lipinski definition) is 1. The molecular formula is C12H11F4N3. The van der Waals surface area contributed by atoms with Gasteiger partial charge in [0.05, 0.1) is 6.20 Å². The SMILES string of the molecule is Cc1cc(-c2cnn(CC(F)(F)F)c2)c(F)cc1N. The second-order valence-electron chi connectivity index (χ2n) is 4.23. The van der Waals surface area contributed by atoms with Crippen molar-refractivity contribution in [3.8, 4) is 11.1 Å². The summed E-state index contributed by atoms with van der Waals surface area (Å²) < 4.78 is 51.0. The number of nitrogens with two attached hydrogens (primary N) is 1. The summed E-state index contributed by atoms with van der Waals surface area (Å²) in [7, 11) is 0. The third kappa shape index (κ3) is 3.04. The third-order valence-electron chi connectivity index (χ3n) is 2.64. The van der Waals surface area contributed by atoms with Crippen LogP contribution in [0.3, 0.4) is 0 Å². The molecule has 0 saturated heterocycles. The molecule has 0 bridgehead atoms. The van der Waals surface area contributed by atoms with Gasteiger partial charge in [-0.25, -0.2) is 4.39 Å². The Morgan fingerprint density at radius 3 is 2.63 bits per heavy atom. The summed E-state index contributed by atoms with van der Waals surface area (Å²) in [5.41, 5.74) is 6.96. The van der Waals surface area contributed by atoms with Crippen molar-refractivity contribution in [1.29, 1.82) is 0 Å². The number of nitrogens with zero attached hydrogens (tertiary/aromatic N) is 2. The number of anilines is 1. The molecule has 102 valence electrons. The fraction of sp³-hybridized carbons (Fsp3) is 0.250. The van der Waals surface area contributed by atoms with Gasteiger partial charge in [0.15, 0.2) is 0 Å². The molecule has 0 aliphatic heterocycles. The molecule has 0 aliphatic rings. The van der Waals surface area contributed by atoms with Crippen LogP contribution in [0.4, 0.5) is 23.2 Å². The van der Waals surface area contributed by atoms with Crippen LogP contribution in [-0.4, -0.2) is 16.0 Å². The molecule has 2 N–H and O–H groups in total. The lowest BCUT2D eigenvalue weighted by Crippen LogP contribution is -2.17. The number of nitrogen functional groups attached to an aromatic ring is 1. The minimum absolute atomic E-state index is 0.181. The zero-order valence-electron chi connectivity index (χ0n) is 10.0. The van der Waals surface area contributed by atoms with Crippen molar-refractivity contribution in [2.45, 2.75) is 19.6 Å². The van der Waals surface area contributed by atoms with Crippen molar-refractivity contribution < 1.29 is 17.6 Å². The lowest BCUT2D eigenvalue weighted by atomic mass is 10.0. The highest BCUT2D eigenvalue weighted by Crippen LogP contribution is 2.27. The van der Waals surface area contributed by atoms with E-state index < -0.39 is 18.5 Å². The first kappa shape index (κ1) is 13.4. The molecule has 0 unspecified atom stereocenters. The number of aromatic nitrogens is 2. The quantitative estimate of drug-likeness (QED) is 0.674. The molecule has 0 atom stereocenters. The van der Waals surface area contributed by atoms with Gasteiger partial charge in [0.2, 0.25) is 0 Å². The topological polar surface area (TPSA) is 43.8 Å². The van der Waals surface area contributed by atoms with Crippen molar-refractivity contribution in [2.24, 2.45) is 0 Å². The van der Waals surface area contributed by atoms with Gasteiger partial charge in [-0.3, -0.25) is 4.68 Å². The highest BCUT2D eigenvalue weighted by atomic mass is 19.4. The van der Waals surface area contributed by atoms with E-state index in [2.05, 4.69) is 5.10 Å². The largest absolute Gasteiger partial charge is 0.408 e. The van der Waals surface area contributed by atoms with E-state index in [9.17, 15) is 17.6 Å². The first-order chi connectivity index (χ1) is 8.76. The van der Waals surface area contributed by atoms with E-state index in [0.29, 0.717) is 11.3 Å². The Balaban J connectivity index is 2.36. The van der Waals surface area contributed by atoms with Crippen molar-refractivity contribution in [1.82, 2.24) is 9.78 Å². The Morgan fingerprint density at radius 2 is 2.00 bits per heavy atom. The van der Waals surface area contributed by atoms with Gasteiger partial charge < -0.3 is 5.73 Å². The first-order valence-electron chi connectivity index (χ1n) is 5.41. The van der Waals surface area contributed by atoms with Crippen LogP contribution in [-0.2, 0) is 6.54 Å². The molecule has 7 heteroatoms. The van der Waals surface area contributed by atoms with Crippen LogP contribution >= 0.6 is 0 Å². The number of hydrogen-bond acceptors (Lipinski definition) is 2. The maximum atomic E-state index is 13.7. The monoisotopic (exact) mass is 273 g/mol. The summed E-state index contributed by atoms with van der Waals surface area (Å²) in [4.78, 5) is 0. The van der Waals surface area contributed by atoms with Crippen molar-refractivity contribution in [2.75, 3.05) is 5.73 Å². The lowest BCUT2D eigenvalue weighted by molar-refractivity contribution is -0.142. The van der Waals surface area contributed by atoms with Crippen LogP contribution in [0.25, 0.3) is 11.1 Å². The van der Waals surface area contributed by atoms with E-state index >= 15 is 0 Å². The molecule has 3 nitrogen and oxygen atoms in total. The first-order valence-corrected chi connectivity index (χ1v) is 5.41. The predicted octanol–water partition coefficient (Wildman–Crippen LogP) is 3.14. The van der Waals surface area contributed by atoms with Crippen LogP contribution in [0.1, 0.15) is 5.56 Å². The molecule has 1 heterocycles. The van der Waals surface area contributed by atoms with Gasteiger partial charge in [-0.1, -0.05) is 0 Å². The van der Waals surface area contributed by atoms with Crippen molar-refractivity contribution in [3.05, 3.63) is 35.9 Å². The molecular weight excluding hydrogens is 262 g/mol. The fourth-order valence-corrected chi connectivity index (χ4v) is 1.69. The second kappa shape index (κ2) is 4.56. The number of halogens is 4. The van der Waals surface area contributed by atoms with Gasteiger partial charge in [0, 0.05) is 23.0 Å². The summed E-state index contributed by atoms with van der Waals surface area (Å²) in [6, 6.07) is 2.63. The fourth-order valence-electron chi connectivity index (χ4n) is 1.69. The molecule has 0 radical (unpaired) electrons. The standard InChI is InChI=1S/C12H11F4N3/c1-7-2-9(10(13)3-11(7)17)8-4-18-19(5-8)6-12(14,15)16/h2-5H,6,17H2,1H3. The Hall–Kier alpha value is -2.05. The molecule has 0 spiro atoms.